The third-order valence-electron chi connectivity index (χ3n) is 3.85. The van der Waals surface area contributed by atoms with Gasteiger partial charge in [-0.2, -0.15) is 0 Å². The van der Waals surface area contributed by atoms with E-state index in [1.165, 1.54) is 12.2 Å². The maximum Gasteiger partial charge on any atom is 0.258 e. The number of rotatable bonds is 5. The first-order valence-corrected chi connectivity index (χ1v) is 7.68. The van der Waals surface area contributed by atoms with E-state index < -0.39 is 0 Å². The van der Waals surface area contributed by atoms with Crippen molar-refractivity contribution >= 4 is 29.7 Å². The minimum absolute atomic E-state index is 0.325. The van der Waals surface area contributed by atoms with Gasteiger partial charge in [0, 0.05) is 17.7 Å². The molecule has 2 aromatic rings. The van der Waals surface area contributed by atoms with Gasteiger partial charge in [0.05, 0.1) is 19.9 Å². The van der Waals surface area contributed by atoms with Gasteiger partial charge >= 0.3 is 0 Å². The summed E-state index contributed by atoms with van der Waals surface area (Å²) >= 11 is 0. The van der Waals surface area contributed by atoms with Gasteiger partial charge < -0.3 is 9.47 Å². The number of hydrogen-bond acceptors (Lipinski definition) is 4. The first-order valence-electron chi connectivity index (χ1n) is 7.68. The molecule has 5 heteroatoms. The fourth-order valence-electron chi connectivity index (χ4n) is 2.54. The highest BCUT2D eigenvalue weighted by Crippen LogP contribution is 2.26. The molecule has 0 unspecified atom stereocenters. The molecule has 2 aromatic carbocycles. The number of benzene rings is 2. The van der Waals surface area contributed by atoms with Crippen LogP contribution in [-0.4, -0.2) is 26.0 Å². The Morgan fingerprint density at radius 3 is 2.12 bits per heavy atom. The van der Waals surface area contributed by atoms with Crippen LogP contribution >= 0.6 is 0 Å². The van der Waals surface area contributed by atoms with Crippen LogP contribution in [0.4, 0.5) is 5.69 Å². The molecular weight excluding hydrogens is 318 g/mol. The Balaban J connectivity index is 1.81. The Hall–Kier alpha value is -3.34. The molecule has 0 N–H and O–H groups in total. The quantitative estimate of drug-likeness (QED) is 0.621. The molecular formula is C20H17NO4. The maximum atomic E-state index is 11.7. The van der Waals surface area contributed by atoms with E-state index in [9.17, 15) is 9.59 Å². The molecule has 0 fully saturated rings. The topological polar surface area (TPSA) is 55.8 Å². The molecule has 0 atom stereocenters. The van der Waals surface area contributed by atoms with Crippen LogP contribution in [0.1, 0.15) is 11.1 Å². The lowest BCUT2D eigenvalue weighted by atomic mass is 10.1. The van der Waals surface area contributed by atoms with Crippen LogP contribution in [0, 0.1) is 0 Å². The summed E-state index contributed by atoms with van der Waals surface area (Å²) in [5.41, 5.74) is 2.37. The molecule has 1 aliphatic rings. The number of carbonyl (C=O) groups is 2. The van der Waals surface area contributed by atoms with E-state index in [4.69, 9.17) is 9.47 Å². The number of nitrogens with zero attached hydrogens (tertiary/aromatic N) is 1. The Bertz CT molecular complexity index is 848. The van der Waals surface area contributed by atoms with E-state index >= 15 is 0 Å². The SMILES string of the molecule is COc1ccc(OC)c(C=Cc2ccc(N3C(=O)C=CC3=O)cc2)c1. The summed E-state index contributed by atoms with van der Waals surface area (Å²) in [5.74, 6) is 0.839. The van der Waals surface area contributed by atoms with Crippen LogP contribution in [0.5, 0.6) is 11.5 Å². The summed E-state index contributed by atoms with van der Waals surface area (Å²) in [6, 6.07) is 12.7. The largest absolute Gasteiger partial charge is 0.497 e. The standard InChI is InChI=1S/C20H17NO4/c1-24-17-9-10-18(25-2)15(13-17)6-3-14-4-7-16(8-5-14)21-19(22)11-12-20(21)23/h3-13H,1-2H3. The van der Waals surface area contributed by atoms with E-state index in [-0.39, 0.29) is 11.8 Å². The maximum absolute atomic E-state index is 11.7. The van der Waals surface area contributed by atoms with Crippen LogP contribution in [0.2, 0.25) is 0 Å². The molecule has 126 valence electrons. The lowest BCUT2D eigenvalue weighted by molar-refractivity contribution is -0.119. The number of ether oxygens (including phenoxy) is 2. The van der Waals surface area contributed by atoms with E-state index in [0.717, 1.165) is 27.5 Å². The summed E-state index contributed by atoms with van der Waals surface area (Å²) < 4.78 is 10.6. The van der Waals surface area contributed by atoms with Gasteiger partial charge in [-0.15, -0.1) is 0 Å². The van der Waals surface area contributed by atoms with Crippen LogP contribution in [0.25, 0.3) is 12.2 Å². The molecule has 0 saturated carbocycles. The molecule has 0 saturated heterocycles. The third kappa shape index (κ3) is 3.45. The molecule has 25 heavy (non-hydrogen) atoms. The van der Waals surface area contributed by atoms with Crippen molar-refractivity contribution in [3.8, 4) is 11.5 Å². The molecule has 2 amide bonds. The van der Waals surface area contributed by atoms with Gasteiger partial charge in [0.15, 0.2) is 0 Å². The van der Waals surface area contributed by atoms with Crippen LogP contribution in [0.3, 0.4) is 0 Å². The Kier molecular flexibility index (Phi) is 4.66. The third-order valence-corrected chi connectivity index (χ3v) is 3.85. The van der Waals surface area contributed by atoms with Crippen molar-refractivity contribution < 1.29 is 19.1 Å². The van der Waals surface area contributed by atoms with Crippen molar-refractivity contribution in [1.29, 1.82) is 0 Å². The van der Waals surface area contributed by atoms with Crippen molar-refractivity contribution in [2.45, 2.75) is 0 Å². The molecule has 1 aliphatic heterocycles. The number of carbonyl (C=O) groups excluding carboxylic acids is 2. The highest BCUT2D eigenvalue weighted by Gasteiger charge is 2.24. The Morgan fingerprint density at radius 2 is 1.52 bits per heavy atom. The van der Waals surface area contributed by atoms with Crippen LogP contribution in [0.15, 0.2) is 54.6 Å². The minimum atomic E-state index is -0.325. The zero-order valence-electron chi connectivity index (χ0n) is 13.9. The zero-order valence-corrected chi connectivity index (χ0v) is 13.9. The zero-order chi connectivity index (χ0) is 17.8. The van der Waals surface area contributed by atoms with E-state index in [0.29, 0.717) is 5.69 Å². The molecule has 0 bridgehead atoms. The predicted octanol–water partition coefficient (Wildman–Crippen LogP) is 3.30. The predicted molar refractivity (Wildman–Crippen MR) is 96.5 cm³/mol. The highest BCUT2D eigenvalue weighted by molar-refractivity contribution is 6.28. The van der Waals surface area contributed by atoms with Crippen molar-refractivity contribution in [2.75, 3.05) is 19.1 Å². The summed E-state index contributed by atoms with van der Waals surface area (Å²) in [4.78, 5) is 24.5. The fourth-order valence-corrected chi connectivity index (χ4v) is 2.54. The van der Waals surface area contributed by atoms with Crippen LogP contribution < -0.4 is 14.4 Å². The second-order valence-electron chi connectivity index (χ2n) is 5.38. The van der Waals surface area contributed by atoms with E-state index in [1.54, 1.807) is 26.4 Å². The van der Waals surface area contributed by atoms with E-state index in [1.807, 2.05) is 42.5 Å². The van der Waals surface area contributed by atoms with Gasteiger partial charge in [-0.05, 0) is 35.9 Å². The van der Waals surface area contributed by atoms with Gasteiger partial charge in [0.2, 0.25) is 0 Å². The first kappa shape index (κ1) is 16.5. The normalized spacial score (nSPS) is 13.8. The molecule has 5 nitrogen and oxygen atoms in total. The monoisotopic (exact) mass is 335 g/mol. The number of amides is 2. The smallest absolute Gasteiger partial charge is 0.258 e. The van der Waals surface area contributed by atoms with Gasteiger partial charge in [-0.1, -0.05) is 24.3 Å². The summed E-state index contributed by atoms with van der Waals surface area (Å²) in [6.07, 6.45) is 6.38. The number of imide groups is 1. The number of hydrogen-bond donors (Lipinski definition) is 0. The van der Waals surface area contributed by atoms with Crippen molar-refractivity contribution in [3.05, 3.63) is 65.7 Å². The van der Waals surface area contributed by atoms with E-state index in [2.05, 4.69) is 0 Å². The first-order chi connectivity index (χ1) is 12.1. The van der Waals surface area contributed by atoms with Crippen LogP contribution in [-0.2, 0) is 9.59 Å². The second-order valence-corrected chi connectivity index (χ2v) is 5.38. The average Bonchev–Trinajstić information content (AvgIpc) is 2.98. The molecule has 0 radical (unpaired) electrons. The average molecular weight is 335 g/mol. The molecule has 0 aliphatic carbocycles. The van der Waals surface area contributed by atoms with Crippen molar-refractivity contribution in [1.82, 2.24) is 0 Å². The van der Waals surface area contributed by atoms with Gasteiger partial charge in [-0.3, -0.25) is 9.59 Å². The molecule has 0 spiro atoms. The Morgan fingerprint density at radius 1 is 0.840 bits per heavy atom. The van der Waals surface area contributed by atoms with Gasteiger partial charge in [0.1, 0.15) is 11.5 Å². The Labute approximate surface area is 145 Å². The highest BCUT2D eigenvalue weighted by atomic mass is 16.5. The molecule has 1 heterocycles. The number of anilines is 1. The molecule has 0 aromatic heterocycles. The lowest BCUT2D eigenvalue weighted by Crippen LogP contribution is -2.29. The summed E-state index contributed by atoms with van der Waals surface area (Å²) in [7, 11) is 3.23. The summed E-state index contributed by atoms with van der Waals surface area (Å²) in [6.45, 7) is 0. The van der Waals surface area contributed by atoms with Crippen molar-refractivity contribution in [3.63, 3.8) is 0 Å². The number of methoxy groups -OCH3 is 2. The summed E-state index contributed by atoms with van der Waals surface area (Å²) in [5, 5.41) is 0. The minimum Gasteiger partial charge on any atom is -0.497 e. The van der Waals surface area contributed by atoms with Gasteiger partial charge in [0.25, 0.3) is 11.8 Å². The van der Waals surface area contributed by atoms with Crippen molar-refractivity contribution in [2.24, 2.45) is 0 Å². The fraction of sp³-hybridized carbons (Fsp3) is 0.100. The van der Waals surface area contributed by atoms with Gasteiger partial charge in [-0.25, -0.2) is 4.90 Å². The lowest BCUT2D eigenvalue weighted by Gasteiger charge is -2.13. The second kappa shape index (κ2) is 7.05. The molecule has 3 rings (SSSR count).